The number of ether oxygens (including phenoxy) is 1. The van der Waals surface area contributed by atoms with E-state index in [1.165, 1.54) is 15.8 Å². The summed E-state index contributed by atoms with van der Waals surface area (Å²) in [5.41, 5.74) is 0.677. The van der Waals surface area contributed by atoms with Gasteiger partial charge >= 0.3 is 0 Å². The molecule has 0 radical (unpaired) electrons. The summed E-state index contributed by atoms with van der Waals surface area (Å²) in [7, 11) is 1.54. The summed E-state index contributed by atoms with van der Waals surface area (Å²) in [6.07, 6.45) is 0.706. The highest BCUT2D eigenvalue weighted by atomic mass is 32.1. The number of aryl methyl sites for hydroxylation is 1. The molecular weight excluding hydrogens is 351 g/mol. The number of piperazine rings is 1. The molecule has 26 heavy (non-hydrogen) atoms. The molecule has 0 amide bonds. The van der Waals surface area contributed by atoms with Crippen molar-refractivity contribution in [3.05, 3.63) is 51.5 Å². The summed E-state index contributed by atoms with van der Waals surface area (Å²) in [6, 6.07) is 9.62. The number of thiophene rings is 1. The molecule has 0 aliphatic carbocycles. The number of nitrogens with zero attached hydrogens (tertiary/aromatic N) is 2. The number of aliphatic hydroxyl groups excluding tert-OH is 1. The van der Waals surface area contributed by atoms with Crippen molar-refractivity contribution in [2.75, 3.05) is 33.4 Å². The Labute approximate surface area is 158 Å². The van der Waals surface area contributed by atoms with Crippen molar-refractivity contribution in [2.45, 2.75) is 32.5 Å². The van der Waals surface area contributed by atoms with Crippen LogP contribution in [0.2, 0.25) is 0 Å². The van der Waals surface area contributed by atoms with Gasteiger partial charge in [-0.25, -0.2) is 4.39 Å². The Morgan fingerprint density at radius 2 is 2.08 bits per heavy atom. The van der Waals surface area contributed by atoms with Crippen LogP contribution in [0.4, 0.5) is 4.39 Å². The van der Waals surface area contributed by atoms with Gasteiger partial charge in [-0.15, -0.1) is 11.3 Å². The number of hydrogen-bond acceptors (Lipinski definition) is 5. The van der Waals surface area contributed by atoms with Crippen molar-refractivity contribution in [1.82, 2.24) is 9.80 Å². The van der Waals surface area contributed by atoms with Gasteiger partial charge in [0, 0.05) is 66.8 Å². The van der Waals surface area contributed by atoms with Crippen LogP contribution in [0.3, 0.4) is 0 Å². The fraction of sp³-hybridized carbons (Fsp3) is 0.500. The van der Waals surface area contributed by atoms with Gasteiger partial charge in [0.15, 0.2) is 0 Å². The number of halogens is 1. The lowest BCUT2D eigenvalue weighted by atomic mass is 10.1. The van der Waals surface area contributed by atoms with Gasteiger partial charge < -0.3 is 9.84 Å². The predicted molar refractivity (Wildman–Crippen MR) is 103 cm³/mol. The smallest absolute Gasteiger partial charge is 0.131 e. The Morgan fingerprint density at radius 3 is 2.73 bits per heavy atom. The van der Waals surface area contributed by atoms with Gasteiger partial charge in [-0.1, -0.05) is 6.07 Å². The van der Waals surface area contributed by atoms with Crippen LogP contribution in [-0.2, 0) is 13.1 Å². The third-order valence-electron chi connectivity index (χ3n) is 4.96. The molecule has 1 aliphatic heterocycles. The lowest BCUT2D eigenvalue weighted by Crippen LogP contribution is -2.52. The zero-order valence-corrected chi connectivity index (χ0v) is 16.3. The molecule has 1 N–H and O–H groups in total. The lowest BCUT2D eigenvalue weighted by Gasteiger charge is -2.41. The molecule has 1 aromatic carbocycles. The quantitative estimate of drug-likeness (QED) is 0.802. The second-order valence-corrected chi connectivity index (χ2v) is 8.21. The van der Waals surface area contributed by atoms with Crippen LogP contribution in [0, 0.1) is 12.7 Å². The molecule has 0 bridgehead atoms. The van der Waals surface area contributed by atoms with Crippen LogP contribution < -0.4 is 4.74 Å². The Morgan fingerprint density at radius 1 is 1.23 bits per heavy atom. The molecule has 3 rings (SSSR count). The summed E-state index contributed by atoms with van der Waals surface area (Å²) in [5.74, 6) is 0.304. The van der Waals surface area contributed by atoms with Gasteiger partial charge in [-0.05, 0) is 31.5 Å². The van der Waals surface area contributed by atoms with Crippen LogP contribution in [-0.4, -0.2) is 54.3 Å². The van der Waals surface area contributed by atoms with E-state index in [1.54, 1.807) is 19.2 Å². The van der Waals surface area contributed by atoms with Gasteiger partial charge in [-0.3, -0.25) is 9.80 Å². The number of rotatable bonds is 7. The van der Waals surface area contributed by atoms with Crippen molar-refractivity contribution in [3.8, 4) is 5.75 Å². The molecule has 1 fully saturated rings. The third kappa shape index (κ3) is 4.82. The van der Waals surface area contributed by atoms with Crippen LogP contribution in [0.5, 0.6) is 5.75 Å². The van der Waals surface area contributed by atoms with Gasteiger partial charge in [0.2, 0.25) is 0 Å². The summed E-state index contributed by atoms with van der Waals surface area (Å²) in [4.78, 5) is 7.43. The normalized spacial score (nSPS) is 19.0. The van der Waals surface area contributed by atoms with E-state index in [-0.39, 0.29) is 18.5 Å². The first kappa shape index (κ1) is 19.3. The number of hydrogen-bond donors (Lipinski definition) is 1. The van der Waals surface area contributed by atoms with Crippen LogP contribution in [0.1, 0.15) is 21.7 Å². The average Bonchev–Trinajstić information content (AvgIpc) is 3.03. The summed E-state index contributed by atoms with van der Waals surface area (Å²) in [6.45, 7) is 6.52. The zero-order valence-electron chi connectivity index (χ0n) is 15.4. The maximum atomic E-state index is 14.3. The Balaban J connectivity index is 1.64. The van der Waals surface area contributed by atoms with Crippen molar-refractivity contribution in [2.24, 2.45) is 0 Å². The summed E-state index contributed by atoms with van der Waals surface area (Å²) in [5, 5.41) is 9.47. The van der Waals surface area contributed by atoms with Crippen LogP contribution in [0.25, 0.3) is 0 Å². The van der Waals surface area contributed by atoms with E-state index in [1.807, 2.05) is 11.3 Å². The number of aliphatic hydroxyl groups is 1. The second kappa shape index (κ2) is 8.95. The van der Waals surface area contributed by atoms with Gasteiger partial charge in [0.1, 0.15) is 11.6 Å². The average molecular weight is 379 g/mol. The van der Waals surface area contributed by atoms with Gasteiger partial charge in [0.25, 0.3) is 0 Å². The molecule has 0 unspecified atom stereocenters. The number of benzene rings is 1. The minimum atomic E-state index is -0.233. The van der Waals surface area contributed by atoms with Crippen molar-refractivity contribution in [1.29, 1.82) is 0 Å². The lowest BCUT2D eigenvalue weighted by molar-refractivity contribution is 0.0497. The van der Waals surface area contributed by atoms with E-state index < -0.39 is 0 Å². The maximum absolute atomic E-state index is 14.3. The van der Waals surface area contributed by atoms with Crippen molar-refractivity contribution in [3.63, 3.8) is 0 Å². The minimum Gasteiger partial charge on any atom is -0.497 e. The molecule has 1 atom stereocenters. The predicted octanol–water partition coefficient (Wildman–Crippen LogP) is 3.27. The van der Waals surface area contributed by atoms with Crippen molar-refractivity contribution < 1.29 is 14.2 Å². The first-order valence-electron chi connectivity index (χ1n) is 9.04. The standard InChI is InChI=1S/C20H27FN2O2S/c1-15-3-6-19(26-15)14-22-8-9-23(17(13-22)7-10-24)12-16-4-5-18(25-2)11-20(16)21/h3-6,11,17,24H,7-10,12-14H2,1-2H3/t17-/m0/s1. The van der Waals surface area contributed by atoms with E-state index in [0.29, 0.717) is 24.3 Å². The van der Waals surface area contributed by atoms with Crippen molar-refractivity contribution >= 4 is 11.3 Å². The molecule has 2 aromatic rings. The molecule has 6 heteroatoms. The summed E-state index contributed by atoms with van der Waals surface area (Å²) < 4.78 is 19.4. The highest BCUT2D eigenvalue weighted by Gasteiger charge is 2.27. The van der Waals surface area contributed by atoms with E-state index in [2.05, 4.69) is 28.9 Å². The van der Waals surface area contributed by atoms with E-state index >= 15 is 0 Å². The zero-order chi connectivity index (χ0) is 18.5. The summed E-state index contributed by atoms with van der Waals surface area (Å²) >= 11 is 1.84. The monoisotopic (exact) mass is 378 g/mol. The molecule has 1 aliphatic rings. The molecule has 0 saturated carbocycles. The van der Waals surface area contributed by atoms with Crippen LogP contribution >= 0.6 is 11.3 Å². The van der Waals surface area contributed by atoms with E-state index in [0.717, 1.165) is 26.2 Å². The Hall–Kier alpha value is -1.47. The molecule has 142 valence electrons. The highest BCUT2D eigenvalue weighted by molar-refractivity contribution is 7.11. The first-order valence-corrected chi connectivity index (χ1v) is 9.85. The molecular formula is C20H27FN2O2S. The van der Waals surface area contributed by atoms with E-state index in [9.17, 15) is 9.50 Å². The highest BCUT2D eigenvalue weighted by Crippen LogP contribution is 2.23. The molecule has 4 nitrogen and oxygen atoms in total. The molecule has 1 saturated heterocycles. The SMILES string of the molecule is COc1ccc(CN2CCN(Cc3ccc(C)s3)C[C@@H]2CCO)c(F)c1. The topological polar surface area (TPSA) is 35.9 Å². The van der Waals surface area contributed by atoms with Gasteiger partial charge in [-0.2, -0.15) is 0 Å². The Bertz CT molecular complexity index is 722. The molecule has 2 heterocycles. The maximum Gasteiger partial charge on any atom is 0.131 e. The minimum absolute atomic E-state index is 0.151. The third-order valence-corrected chi connectivity index (χ3v) is 5.95. The number of methoxy groups -OCH3 is 1. The second-order valence-electron chi connectivity index (χ2n) is 6.84. The molecule has 0 spiro atoms. The first-order chi connectivity index (χ1) is 12.6. The fourth-order valence-electron chi connectivity index (χ4n) is 3.52. The van der Waals surface area contributed by atoms with Crippen LogP contribution in [0.15, 0.2) is 30.3 Å². The Kier molecular flexibility index (Phi) is 6.64. The largest absolute Gasteiger partial charge is 0.497 e. The molecule has 1 aromatic heterocycles. The fourth-order valence-corrected chi connectivity index (χ4v) is 4.46. The van der Waals surface area contributed by atoms with Gasteiger partial charge in [0.05, 0.1) is 7.11 Å². The van der Waals surface area contributed by atoms with E-state index in [4.69, 9.17) is 4.74 Å².